The molecule has 0 bridgehead atoms. The lowest BCUT2D eigenvalue weighted by atomic mass is 10.0. The first-order valence-corrected chi connectivity index (χ1v) is 9.07. The van der Waals surface area contributed by atoms with E-state index < -0.39 is 23.8 Å². The monoisotopic (exact) mass is 422 g/mol. The van der Waals surface area contributed by atoms with Crippen molar-refractivity contribution in [2.24, 2.45) is 15.2 Å². The average molecular weight is 422 g/mol. The van der Waals surface area contributed by atoms with Crippen molar-refractivity contribution >= 4 is 35.0 Å². The third-order valence-corrected chi connectivity index (χ3v) is 4.78. The van der Waals surface area contributed by atoms with E-state index in [0.717, 1.165) is 12.1 Å². The van der Waals surface area contributed by atoms with Crippen molar-refractivity contribution in [2.75, 3.05) is 23.4 Å². The second-order valence-electron chi connectivity index (χ2n) is 6.77. The first-order valence-electron chi connectivity index (χ1n) is 9.07. The molecule has 1 atom stereocenters. The van der Waals surface area contributed by atoms with Crippen molar-refractivity contribution in [3.63, 3.8) is 0 Å². The van der Waals surface area contributed by atoms with Gasteiger partial charge in [0.15, 0.2) is 11.5 Å². The summed E-state index contributed by atoms with van der Waals surface area (Å²) in [5.41, 5.74) is 0.167. The van der Waals surface area contributed by atoms with E-state index in [1.807, 2.05) is 0 Å². The fourth-order valence-electron chi connectivity index (χ4n) is 3.36. The summed E-state index contributed by atoms with van der Waals surface area (Å²) in [5, 5.41) is 31.7. The highest BCUT2D eigenvalue weighted by Gasteiger charge is 2.40. The molecule has 3 heterocycles. The van der Waals surface area contributed by atoms with Crippen LogP contribution < -0.4 is 15.5 Å². The molecule has 30 heavy (non-hydrogen) atoms. The van der Waals surface area contributed by atoms with E-state index in [-0.39, 0.29) is 24.4 Å². The molecule has 0 fully saturated rings. The molecule has 1 aromatic carbocycles. The summed E-state index contributed by atoms with van der Waals surface area (Å²) in [5.74, 6) is -0.370. The van der Waals surface area contributed by atoms with Crippen molar-refractivity contribution in [2.45, 2.75) is 25.1 Å². The smallest absolute Gasteiger partial charge is 0.416 e. The van der Waals surface area contributed by atoms with Crippen LogP contribution in [0, 0.1) is 0 Å². The van der Waals surface area contributed by atoms with Crippen molar-refractivity contribution in [3.8, 4) is 0 Å². The molecule has 0 amide bonds. The Balaban J connectivity index is 1.70. The predicted molar refractivity (Wildman–Crippen MR) is 104 cm³/mol. The number of hydrogen-bond donors (Lipinski definition) is 4. The highest BCUT2D eigenvalue weighted by molar-refractivity contribution is 6.41. The van der Waals surface area contributed by atoms with Gasteiger partial charge in [-0.1, -0.05) is 0 Å². The maximum absolute atomic E-state index is 13.2. The number of aliphatic hydroxyl groups is 1. The number of nitrogens with one attached hydrogen (secondary N) is 2. The lowest BCUT2D eigenvalue weighted by Gasteiger charge is -2.34. The fraction of sp³-hybridized carbons (Fsp3) is 0.333. The van der Waals surface area contributed by atoms with E-state index in [9.17, 15) is 18.0 Å². The predicted octanol–water partition coefficient (Wildman–Crippen LogP) is 1.77. The standard InChI is InChI=1S/C18H17F3N6O3/c19-18(20,21)9-2-3-13-10(6-9)24-15(22-4-1-5-28)16-23-8-14(27(13)16)11-7-12(17(29)30)26-25-11/h2-3,6,8,14,22,24,28H,1,4-5,7H2,(H,29,30). The number of halogens is 3. The molecule has 158 valence electrons. The molecule has 0 aromatic heterocycles. The lowest BCUT2D eigenvalue weighted by Crippen LogP contribution is -2.42. The van der Waals surface area contributed by atoms with Crippen molar-refractivity contribution in [1.82, 2.24) is 5.32 Å². The van der Waals surface area contributed by atoms with Crippen LogP contribution in [0.3, 0.4) is 0 Å². The summed E-state index contributed by atoms with van der Waals surface area (Å²) >= 11 is 0. The minimum absolute atomic E-state index is 0.00642. The summed E-state index contributed by atoms with van der Waals surface area (Å²) in [7, 11) is 0. The van der Waals surface area contributed by atoms with Crippen molar-refractivity contribution < 1.29 is 28.2 Å². The molecular formula is C18H17F3N6O3. The molecule has 9 nitrogen and oxygen atoms in total. The molecule has 4 N–H and O–H groups in total. The van der Waals surface area contributed by atoms with Crippen LogP contribution in [0.15, 0.2) is 45.0 Å². The van der Waals surface area contributed by atoms with Crippen LogP contribution in [0.1, 0.15) is 18.4 Å². The summed E-state index contributed by atoms with van der Waals surface area (Å²) in [4.78, 5) is 17.2. The summed E-state index contributed by atoms with van der Waals surface area (Å²) < 4.78 is 39.6. The molecule has 0 radical (unpaired) electrons. The Labute approximate surface area is 168 Å². The zero-order valence-electron chi connectivity index (χ0n) is 15.4. The summed E-state index contributed by atoms with van der Waals surface area (Å²) in [6.07, 6.45) is -2.52. The van der Waals surface area contributed by atoms with Gasteiger partial charge in [0.25, 0.3) is 0 Å². The Hall–Kier alpha value is -3.41. The quantitative estimate of drug-likeness (QED) is 0.519. The zero-order chi connectivity index (χ0) is 21.5. The minimum atomic E-state index is -4.51. The van der Waals surface area contributed by atoms with Gasteiger partial charge in [-0.3, -0.25) is 0 Å². The third kappa shape index (κ3) is 3.49. The van der Waals surface area contributed by atoms with Crippen LogP contribution in [0.2, 0.25) is 0 Å². The molecule has 12 heteroatoms. The molecule has 4 rings (SSSR count). The molecule has 0 aliphatic carbocycles. The Morgan fingerprint density at radius 3 is 2.80 bits per heavy atom. The number of rotatable bonds is 6. The van der Waals surface area contributed by atoms with Crippen molar-refractivity contribution in [1.29, 1.82) is 0 Å². The Morgan fingerprint density at radius 1 is 1.33 bits per heavy atom. The largest absolute Gasteiger partial charge is 0.477 e. The maximum atomic E-state index is 13.2. The Bertz CT molecular complexity index is 1010. The van der Waals surface area contributed by atoms with Crippen LogP contribution in [-0.2, 0) is 11.0 Å². The molecule has 0 saturated carbocycles. The first-order chi connectivity index (χ1) is 14.3. The average Bonchev–Trinajstić information content (AvgIpc) is 3.34. The highest BCUT2D eigenvalue weighted by Crippen LogP contribution is 2.42. The molecule has 1 aromatic rings. The van der Waals surface area contributed by atoms with Gasteiger partial charge in [-0.25, -0.2) is 9.79 Å². The third-order valence-electron chi connectivity index (χ3n) is 4.78. The first kappa shape index (κ1) is 19.9. The number of nitrogens with zero attached hydrogens (tertiary/aromatic N) is 4. The van der Waals surface area contributed by atoms with Gasteiger partial charge in [-0.2, -0.15) is 18.3 Å². The fourth-order valence-corrected chi connectivity index (χ4v) is 3.36. The van der Waals surface area contributed by atoms with Gasteiger partial charge < -0.3 is 25.7 Å². The van der Waals surface area contributed by atoms with Crippen molar-refractivity contribution in [3.05, 3.63) is 35.4 Å². The number of carboxylic acids is 1. The van der Waals surface area contributed by atoms with Gasteiger partial charge in [-0.05, 0) is 24.6 Å². The Morgan fingerprint density at radius 2 is 2.13 bits per heavy atom. The maximum Gasteiger partial charge on any atom is 0.416 e. The molecular weight excluding hydrogens is 405 g/mol. The van der Waals surface area contributed by atoms with Crippen LogP contribution in [0.25, 0.3) is 0 Å². The summed E-state index contributed by atoms with van der Waals surface area (Å²) in [6.45, 7) is 0.323. The topological polar surface area (TPSA) is 122 Å². The van der Waals surface area contributed by atoms with E-state index in [1.54, 1.807) is 11.1 Å². The number of aliphatic imine (C=N–C) groups is 1. The number of aliphatic carboxylic acids is 1. The van der Waals surface area contributed by atoms with Crippen LogP contribution in [0.5, 0.6) is 0 Å². The Kier molecular flexibility index (Phi) is 4.94. The van der Waals surface area contributed by atoms with Crippen LogP contribution in [-0.4, -0.2) is 53.0 Å². The van der Waals surface area contributed by atoms with E-state index in [1.165, 1.54) is 6.07 Å². The van der Waals surface area contributed by atoms with Gasteiger partial charge in [0.1, 0.15) is 11.9 Å². The van der Waals surface area contributed by atoms with E-state index in [4.69, 9.17) is 10.2 Å². The molecule has 0 saturated heterocycles. The van der Waals surface area contributed by atoms with Gasteiger partial charge in [0, 0.05) is 25.8 Å². The van der Waals surface area contributed by atoms with E-state index in [0.29, 0.717) is 36.0 Å². The zero-order valence-corrected chi connectivity index (χ0v) is 15.4. The molecule has 1 unspecified atom stereocenters. The summed E-state index contributed by atoms with van der Waals surface area (Å²) in [6, 6.07) is 2.73. The van der Waals surface area contributed by atoms with Gasteiger partial charge in [-0.15, -0.1) is 5.10 Å². The number of anilines is 2. The van der Waals surface area contributed by atoms with Gasteiger partial charge in [0.2, 0.25) is 0 Å². The molecule has 3 aliphatic heterocycles. The molecule has 0 spiro atoms. The number of carboxylic acid groups (broad SMARTS) is 1. The molecule has 3 aliphatic rings. The highest BCUT2D eigenvalue weighted by atomic mass is 19.4. The second kappa shape index (κ2) is 7.44. The SMILES string of the molecule is O=C(O)C1=NN=C(C2C=NC3=C(NCCCO)Nc4cc(C(F)(F)F)ccc4N32)C1. The normalized spacial score (nSPS) is 19.9. The number of fused-ring (bicyclic) bond motifs is 3. The van der Waals surface area contributed by atoms with Gasteiger partial charge in [0.05, 0.1) is 22.6 Å². The minimum Gasteiger partial charge on any atom is -0.477 e. The number of benzene rings is 1. The number of hydrogen-bond acceptors (Lipinski definition) is 8. The number of alkyl halides is 3. The van der Waals surface area contributed by atoms with E-state index >= 15 is 0 Å². The number of aliphatic hydroxyl groups excluding tert-OH is 1. The lowest BCUT2D eigenvalue weighted by molar-refractivity contribution is -0.137. The van der Waals surface area contributed by atoms with E-state index in [2.05, 4.69) is 25.8 Å². The van der Waals surface area contributed by atoms with Gasteiger partial charge >= 0.3 is 12.1 Å². The second-order valence-corrected chi connectivity index (χ2v) is 6.77. The number of carbonyl (C=O) groups is 1. The van der Waals surface area contributed by atoms with Crippen LogP contribution >= 0.6 is 0 Å². The van der Waals surface area contributed by atoms with Crippen LogP contribution in [0.4, 0.5) is 24.5 Å².